The molecule has 0 bridgehead atoms. The molecule has 1 unspecified atom stereocenters. The van der Waals surface area contributed by atoms with Crippen molar-refractivity contribution in [2.75, 3.05) is 5.33 Å². The van der Waals surface area contributed by atoms with Crippen LogP contribution in [-0.2, 0) is 11.8 Å². The van der Waals surface area contributed by atoms with E-state index < -0.39 is 0 Å². The van der Waals surface area contributed by atoms with Gasteiger partial charge in [-0.1, -0.05) is 67.0 Å². The van der Waals surface area contributed by atoms with Crippen LogP contribution in [0.4, 0.5) is 0 Å². The van der Waals surface area contributed by atoms with Crippen molar-refractivity contribution in [1.82, 2.24) is 4.98 Å². The number of benzene rings is 1. The largest absolute Gasteiger partial charge is 0.246 e. The molecule has 2 aromatic rings. The smallest absolute Gasteiger partial charge is 0.0934 e. The van der Waals surface area contributed by atoms with Crippen LogP contribution >= 0.6 is 27.3 Å². The van der Waals surface area contributed by atoms with Crippen molar-refractivity contribution in [2.24, 2.45) is 0 Å². The molecule has 2 rings (SSSR count). The highest BCUT2D eigenvalue weighted by molar-refractivity contribution is 9.09. The molecule has 1 aromatic carbocycles. The van der Waals surface area contributed by atoms with Gasteiger partial charge in [0.1, 0.15) is 0 Å². The molecule has 0 aliphatic heterocycles. The summed E-state index contributed by atoms with van der Waals surface area (Å²) in [6.07, 6.45) is 1.01. The monoisotopic (exact) mass is 337 g/mol. The van der Waals surface area contributed by atoms with Gasteiger partial charge in [0.05, 0.1) is 10.7 Å². The average molecular weight is 338 g/mol. The van der Waals surface area contributed by atoms with Gasteiger partial charge >= 0.3 is 0 Å². The van der Waals surface area contributed by atoms with Gasteiger partial charge in [-0.25, -0.2) is 4.98 Å². The Morgan fingerprint density at radius 3 is 2.42 bits per heavy atom. The quantitative estimate of drug-likeness (QED) is 0.702. The highest BCUT2D eigenvalue weighted by atomic mass is 79.9. The first kappa shape index (κ1) is 14.7. The minimum atomic E-state index is 0.144. The first-order valence-corrected chi connectivity index (χ1v) is 8.56. The number of hydrogen-bond acceptors (Lipinski definition) is 2. The summed E-state index contributed by atoms with van der Waals surface area (Å²) in [6.45, 7) is 6.64. The zero-order valence-corrected chi connectivity index (χ0v) is 14.1. The van der Waals surface area contributed by atoms with Gasteiger partial charge in [0.2, 0.25) is 0 Å². The van der Waals surface area contributed by atoms with Crippen LogP contribution in [0.2, 0.25) is 0 Å². The van der Waals surface area contributed by atoms with Crippen molar-refractivity contribution >= 4 is 27.3 Å². The van der Waals surface area contributed by atoms with E-state index in [0.717, 1.165) is 11.8 Å². The molecule has 1 atom stereocenters. The van der Waals surface area contributed by atoms with E-state index >= 15 is 0 Å². The average Bonchev–Trinajstić information content (AvgIpc) is 2.85. The third-order valence-corrected chi connectivity index (χ3v) is 4.85. The molecule has 1 nitrogen and oxygen atoms in total. The molecule has 0 aliphatic carbocycles. The van der Waals surface area contributed by atoms with Crippen LogP contribution in [0.15, 0.2) is 35.7 Å². The SMILES string of the molecule is CC(C)(C)c1csc(CC(CBr)c2ccccc2)n1. The standard InChI is InChI=1S/C16H20BrNS/c1-16(2,3)14-11-19-15(18-14)9-13(10-17)12-7-5-4-6-8-12/h4-8,11,13H,9-10H2,1-3H3. The fourth-order valence-electron chi connectivity index (χ4n) is 1.95. The summed E-state index contributed by atoms with van der Waals surface area (Å²) in [5.74, 6) is 0.500. The van der Waals surface area contributed by atoms with Crippen molar-refractivity contribution in [3.8, 4) is 0 Å². The van der Waals surface area contributed by atoms with E-state index in [9.17, 15) is 0 Å². The molecule has 0 saturated carbocycles. The predicted octanol–water partition coefficient (Wildman–Crippen LogP) is 5.16. The molecule has 1 aromatic heterocycles. The summed E-state index contributed by atoms with van der Waals surface area (Å²) in [5, 5.41) is 4.41. The molecule has 0 N–H and O–H groups in total. The van der Waals surface area contributed by atoms with Crippen LogP contribution in [0, 0.1) is 0 Å². The van der Waals surface area contributed by atoms with Crippen LogP contribution in [0.5, 0.6) is 0 Å². The minimum absolute atomic E-state index is 0.144. The maximum absolute atomic E-state index is 4.79. The Balaban J connectivity index is 2.13. The second-order valence-corrected chi connectivity index (χ2v) is 7.43. The normalized spacial score (nSPS) is 13.5. The summed E-state index contributed by atoms with van der Waals surface area (Å²) < 4.78 is 0. The number of hydrogen-bond donors (Lipinski definition) is 0. The van der Waals surface area contributed by atoms with Gasteiger partial charge in [0.15, 0.2) is 0 Å². The molecule has 0 fully saturated rings. The number of rotatable bonds is 4. The predicted molar refractivity (Wildman–Crippen MR) is 87.5 cm³/mol. The van der Waals surface area contributed by atoms with Gasteiger partial charge in [-0.15, -0.1) is 11.3 Å². The molecular formula is C16H20BrNS. The van der Waals surface area contributed by atoms with Crippen molar-refractivity contribution in [3.05, 3.63) is 52.0 Å². The maximum atomic E-state index is 4.79. The lowest BCUT2D eigenvalue weighted by Gasteiger charge is -2.15. The molecule has 0 radical (unpaired) electrons. The number of nitrogens with zero attached hydrogens (tertiary/aromatic N) is 1. The first-order chi connectivity index (χ1) is 9.00. The van der Waals surface area contributed by atoms with Gasteiger partial charge in [0, 0.05) is 22.5 Å². The second-order valence-electron chi connectivity index (χ2n) is 5.84. The van der Waals surface area contributed by atoms with E-state index in [4.69, 9.17) is 4.98 Å². The Labute approximate surface area is 128 Å². The van der Waals surface area contributed by atoms with Gasteiger partial charge < -0.3 is 0 Å². The van der Waals surface area contributed by atoms with E-state index in [1.54, 1.807) is 11.3 Å². The Kier molecular flexibility index (Phi) is 4.80. The highest BCUT2D eigenvalue weighted by Crippen LogP contribution is 2.28. The minimum Gasteiger partial charge on any atom is -0.246 e. The van der Waals surface area contributed by atoms with Gasteiger partial charge in [-0.3, -0.25) is 0 Å². The van der Waals surface area contributed by atoms with E-state index in [0.29, 0.717) is 5.92 Å². The fourth-order valence-corrected chi connectivity index (χ4v) is 3.65. The van der Waals surface area contributed by atoms with Crippen molar-refractivity contribution in [3.63, 3.8) is 0 Å². The molecule has 0 saturated heterocycles. The number of aromatic nitrogens is 1. The molecule has 0 spiro atoms. The highest BCUT2D eigenvalue weighted by Gasteiger charge is 2.19. The molecule has 19 heavy (non-hydrogen) atoms. The van der Waals surface area contributed by atoms with E-state index in [-0.39, 0.29) is 5.41 Å². The van der Waals surface area contributed by atoms with Crippen molar-refractivity contribution in [2.45, 2.75) is 38.5 Å². The van der Waals surface area contributed by atoms with Crippen LogP contribution < -0.4 is 0 Å². The van der Waals surface area contributed by atoms with E-state index in [1.165, 1.54) is 16.3 Å². The molecule has 0 aliphatic rings. The summed E-state index contributed by atoms with van der Waals surface area (Å²) >= 11 is 5.42. The molecule has 0 amide bonds. The van der Waals surface area contributed by atoms with Gasteiger partial charge in [0.25, 0.3) is 0 Å². The zero-order chi connectivity index (χ0) is 13.9. The summed E-state index contributed by atoms with van der Waals surface area (Å²) in [7, 11) is 0. The van der Waals surface area contributed by atoms with Crippen molar-refractivity contribution in [1.29, 1.82) is 0 Å². The second kappa shape index (κ2) is 6.19. The fraction of sp³-hybridized carbons (Fsp3) is 0.438. The van der Waals surface area contributed by atoms with E-state index in [2.05, 4.69) is 72.4 Å². The molecule has 102 valence electrons. The Morgan fingerprint density at radius 2 is 1.89 bits per heavy atom. The van der Waals surface area contributed by atoms with Crippen LogP contribution in [-0.4, -0.2) is 10.3 Å². The summed E-state index contributed by atoms with van der Waals surface area (Å²) in [5.41, 5.74) is 2.73. The van der Waals surface area contributed by atoms with Crippen LogP contribution in [0.3, 0.4) is 0 Å². The van der Waals surface area contributed by atoms with E-state index in [1.807, 2.05) is 0 Å². The lowest BCUT2D eigenvalue weighted by molar-refractivity contribution is 0.569. The first-order valence-electron chi connectivity index (χ1n) is 6.56. The lowest BCUT2D eigenvalue weighted by Crippen LogP contribution is -2.12. The third kappa shape index (κ3) is 3.90. The Morgan fingerprint density at radius 1 is 1.21 bits per heavy atom. The van der Waals surface area contributed by atoms with Crippen molar-refractivity contribution < 1.29 is 0 Å². The van der Waals surface area contributed by atoms with Crippen LogP contribution in [0.1, 0.15) is 43.0 Å². The van der Waals surface area contributed by atoms with Crippen LogP contribution in [0.25, 0.3) is 0 Å². The number of alkyl halides is 1. The summed E-state index contributed by atoms with van der Waals surface area (Å²) in [6, 6.07) is 10.7. The molecule has 3 heteroatoms. The van der Waals surface area contributed by atoms with Gasteiger partial charge in [-0.05, 0) is 11.5 Å². The molecule has 1 heterocycles. The Bertz CT molecular complexity index is 513. The zero-order valence-electron chi connectivity index (χ0n) is 11.7. The maximum Gasteiger partial charge on any atom is 0.0934 e. The lowest BCUT2D eigenvalue weighted by atomic mass is 9.93. The van der Waals surface area contributed by atoms with Gasteiger partial charge in [-0.2, -0.15) is 0 Å². The Hall–Kier alpha value is -0.670. The number of halogens is 1. The number of thiazole rings is 1. The molecular weight excluding hydrogens is 318 g/mol. The topological polar surface area (TPSA) is 12.9 Å². The summed E-state index contributed by atoms with van der Waals surface area (Å²) in [4.78, 5) is 4.79. The third-order valence-electron chi connectivity index (χ3n) is 3.20.